The topological polar surface area (TPSA) is 78.5 Å². The summed E-state index contributed by atoms with van der Waals surface area (Å²) in [6.07, 6.45) is 6.95. The number of hydrogen-bond donors (Lipinski definition) is 0. The first-order valence-electron chi connectivity index (χ1n) is 14.2. The second kappa shape index (κ2) is 11.8. The van der Waals surface area contributed by atoms with E-state index < -0.39 is 12.0 Å². The average molecular weight is 569 g/mol. The maximum Gasteiger partial charge on any atom is 0.338 e. The Balaban J connectivity index is 1.72. The summed E-state index contributed by atoms with van der Waals surface area (Å²) >= 11 is 1.36. The number of esters is 1. The Hall–Kier alpha value is -4.04. The maximum atomic E-state index is 14.1. The van der Waals surface area contributed by atoms with Gasteiger partial charge in [-0.2, -0.15) is 0 Å². The van der Waals surface area contributed by atoms with Gasteiger partial charge >= 0.3 is 5.97 Å². The van der Waals surface area contributed by atoms with Crippen LogP contribution in [0.5, 0.6) is 0 Å². The molecule has 0 aliphatic carbocycles. The molecule has 4 aromatic rings. The largest absolute Gasteiger partial charge is 0.463 e. The molecule has 1 aliphatic rings. The lowest BCUT2D eigenvalue weighted by atomic mass is 9.92. The number of pyridine rings is 1. The quantitative estimate of drug-likeness (QED) is 0.263. The number of allylic oxidation sites excluding steroid dienone is 1. The van der Waals surface area contributed by atoms with Crippen molar-refractivity contribution in [1.29, 1.82) is 0 Å². The summed E-state index contributed by atoms with van der Waals surface area (Å²) in [5.74, 6) is -0.0561. The van der Waals surface area contributed by atoms with Crippen LogP contribution in [0.3, 0.4) is 0 Å². The molecule has 0 bridgehead atoms. The van der Waals surface area contributed by atoms with Crippen LogP contribution in [0.15, 0.2) is 75.9 Å². The fraction of sp³-hybridized carbons (Fsp3) is 0.333. The molecule has 0 amide bonds. The number of thiazole rings is 1. The molecule has 1 aromatic carbocycles. The molecule has 4 heterocycles. The molecule has 212 valence electrons. The van der Waals surface area contributed by atoms with Gasteiger partial charge in [-0.3, -0.25) is 14.3 Å². The van der Waals surface area contributed by atoms with Gasteiger partial charge in [0.1, 0.15) is 0 Å². The Kier molecular flexibility index (Phi) is 8.22. The monoisotopic (exact) mass is 568 g/mol. The molecule has 5 rings (SSSR count). The maximum absolute atomic E-state index is 14.1. The minimum Gasteiger partial charge on any atom is -0.463 e. The van der Waals surface area contributed by atoms with Crippen molar-refractivity contribution in [3.05, 3.63) is 114 Å². The minimum absolute atomic E-state index is 0.171. The van der Waals surface area contributed by atoms with E-state index in [1.165, 1.54) is 16.9 Å². The Morgan fingerprint density at radius 1 is 1.15 bits per heavy atom. The summed E-state index contributed by atoms with van der Waals surface area (Å²) in [5.41, 5.74) is 7.00. The SMILES string of the molecule is CCCC1=C(C(=O)OCC)[C@@H](c2ccc(C(C)C)cc2)n2c(s/c(=C/c3cc(C)n(-c4cccnc4)c3C)c2=O)=N1. The first-order valence-corrected chi connectivity index (χ1v) is 15.0. The molecule has 0 fully saturated rings. The third kappa shape index (κ3) is 5.36. The fourth-order valence-electron chi connectivity index (χ4n) is 5.46. The van der Waals surface area contributed by atoms with Crippen LogP contribution in [0.25, 0.3) is 11.8 Å². The number of rotatable bonds is 8. The molecule has 0 saturated carbocycles. The van der Waals surface area contributed by atoms with E-state index in [0.29, 0.717) is 32.9 Å². The Morgan fingerprint density at radius 3 is 2.54 bits per heavy atom. The summed E-state index contributed by atoms with van der Waals surface area (Å²) in [7, 11) is 0. The van der Waals surface area contributed by atoms with Gasteiger partial charge in [-0.25, -0.2) is 9.79 Å². The average Bonchev–Trinajstić information content (AvgIpc) is 3.42. The van der Waals surface area contributed by atoms with Crippen LogP contribution in [0.2, 0.25) is 0 Å². The lowest BCUT2D eigenvalue weighted by molar-refractivity contribution is -0.139. The van der Waals surface area contributed by atoms with Crippen LogP contribution < -0.4 is 14.9 Å². The minimum atomic E-state index is -0.613. The van der Waals surface area contributed by atoms with Gasteiger partial charge in [-0.15, -0.1) is 0 Å². The number of aryl methyl sites for hydroxylation is 1. The molecule has 1 aliphatic heterocycles. The zero-order valence-electron chi connectivity index (χ0n) is 24.5. The predicted octanol–water partition coefficient (Wildman–Crippen LogP) is 5.50. The standard InChI is InChI=1S/C33H36N4O3S/c1-7-10-27-29(32(39)40-8-2)30(24-14-12-23(13-15-24)20(3)4)37-31(38)28(41-33(37)35-27)18-25-17-21(5)36(22(25)6)26-11-9-16-34-19-26/h9,11-20,30H,7-8,10H2,1-6H3/b28-18+/t30-/m1/s1. The highest BCUT2D eigenvalue weighted by Gasteiger charge is 2.34. The van der Waals surface area contributed by atoms with E-state index in [2.05, 4.69) is 48.5 Å². The summed E-state index contributed by atoms with van der Waals surface area (Å²) in [4.78, 5) is 37.3. The van der Waals surface area contributed by atoms with Crippen LogP contribution in [-0.2, 0) is 9.53 Å². The second-order valence-corrected chi connectivity index (χ2v) is 11.6. The van der Waals surface area contributed by atoms with Crippen molar-refractivity contribution < 1.29 is 9.53 Å². The van der Waals surface area contributed by atoms with E-state index in [1.807, 2.05) is 50.4 Å². The first-order chi connectivity index (χ1) is 19.7. The van der Waals surface area contributed by atoms with Gasteiger partial charge in [0.15, 0.2) is 4.80 Å². The number of ether oxygens (including phenoxy) is 1. The molecule has 3 aromatic heterocycles. The molecule has 8 heteroatoms. The Bertz CT molecular complexity index is 1790. The number of carbonyl (C=O) groups is 1. The smallest absolute Gasteiger partial charge is 0.338 e. The van der Waals surface area contributed by atoms with Gasteiger partial charge in [-0.05, 0) is 74.1 Å². The van der Waals surface area contributed by atoms with E-state index in [1.54, 1.807) is 17.7 Å². The molecule has 0 N–H and O–H groups in total. The van der Waals surface area contributed by atoms with Gasteiger partial charge in [0.25, 0.3) is 5.56 Å². The fourth-order valence-corrected chi connectivity index (χ4v) is 6.47. The van der Waals surface area contributed by atoms with Gasteiger partial charge < -0.3 is 9.30 Å². The zero-order chi connectivity index (χ0) is 29.3. The van der Waals surface area contributed by atoms with Crippen molar-refractivity contribution in [2.75, 3.05) is 6.61 Å². The van der Waals surface area contributed by atoms with Crippen LogP contribution in [-0.4, -0.2) is 26.7 Å². The molecule has 0 radical (unpaired) electrons. The summed E-state index contributed by atoms with van der Waals surface area (Å²) in [5, 5.41) is 0. The van der Waals surface area contributed by atoms with Crippen LogP contribution in [0.4, 0.5) is 0 Å². The van der Waals surface area contributed by atoms with Crippen LogP contribution in [0.1, 0.15) is 80.6 Å². The number of nitrogens with zero attached hydrogens (tertiary/aromatic N) is 4. The van der Waals surface area contributed by atoms with Crippen molar-refractivity contribution in [2.24, 2.45) is 4.99 Å². The highest BCUT2D eigenvalue weighted by Crippen LogP contribution is 2.33. The van der Waals surface area contributed by atoms with Gasteiger partial charge in [0, 0.05) is 17.6 Å². The highest BCUT2D eigenvalue weighted by atomic mass is 32.1. The number of aromatic nitrogens is 3. The second-order valence-electron chi connectivity index (χ2n) is 10.6. The first kappa shape index (κ1) is 28.5. The van der Waals surface area contributed by atoms with Gasteiger partial charge in [0.2, 0.25) is 0 Å². The molecule has 1 atom stereocenters. The molecule has 0 spiro atoms. The molecule has 0 unspecified atom stereocenters. The number of benzene rings is 1. The lowest BCUT2D eigenvalue weighted by Crippen LogP contribution is -2.40. The number of carbonyl (C=O) groups excluding carboxylic acids is 1. The van der Waals surface area contributed by atoms with E-state index in [-0.39, 0.29) is 12.2 Å². The summed E-state index contributed by atoms with van der Waals surface area (Å²) in [6.45, 7) is 12.5. The molecular weight excluding hydrogens is 532 g/mol. The van der Waals surface area contributed by atoms with E-state index in [9.17, 15) is 9.59 Å². The summed E-state index contributed by atoms with van der Waals surface area (Å²) in [6, 6.07) is 13.6. The van der Waals surface area contributed by atoms with Crippen molar-refractivity contribution in [1.82, 2.24) is 14.1 Å². The molecular formula is C33H36N4O3S. The highest BCUT2D eigenvalue weighted by molar-refractivity contribution is 7.07. The van der Waals surface area contributed by atoms with E-state index in [4.69, 9.17) is 9.73 Å². The van der Waals surface area contributed by atoms with E-state index >= 15 is 0 Å². The zero-order valence-corrected chi connectivity index (χ0v) is 25.3. The summed E-state index contributed by atoms with van der Waals surface area (Å²) < 4.78 is 9.89. The third-order valence-corrected chi connectivity index (χ3v) is 8.46. The van der Waals surface area contributed by atoms with Crippen molar-refractivity contribution in [3.8, 4) is 5.69 Å². The molecule has 0 saturated heterocycles. The number of hydrogen-bond acceptors (Lipinski definition) is 6. The predicted molar refractivity (Wildman–Crippen MR) is 163 cm³/mol. The van der Waals surface area contributed by atoms with Crippen molar-refractivity contribution in [3.63, 3.8) is 0 Å². The Morgan fingerprint density at radius 2 is 1.90 bits per heavy atom. The van der Waals surface area contributed by atoms with Crippen molar-refractivity contribution >= 4 is 23.4 Å². The van der Waals surface area contributed by atoms with Gasteiger partial charge in [0.05, 0.1) is 40.3 Å². The third-order valence-electron chi connectivity index (χ3n) is 7.47. The molecule has 41 heavy (non-hydrogen) atoms. The van der Waals surface area contributed by atoms with Gasteiger partial charge in [-0.1, -0.05) is 62.8 Å². The van der Waals surface area contributed by atoms with E-state index in [0.717, 1.165) is 34.6 Å². The number of fused-ring (bicyclic) bond motifs is 1. The van der Waals surface area contributed by atoms with Crippen LogP contribution in [0, 0.1) is 13.8 Å². The lowest BCUT2D eigenvalue weighted by Gasteiger charge is -2.26. The molecule has 7 nitrogen and oxygen atoms in total. The normalized spacial score (nSPS) is 15.3. The Labute approximate surface area is 244 Å². The van der Waals surface area contributed by atoms with Crippen molar-refractivity contribution in [2.45, 2.75) is 66.3 Å². The van der Waals surface area contributed by atoms with Crippen LogP contribution >= 0.6 is 11.3 Å².